The zero-order valence-corrected chi connectivity index (χ0v) is 18.0. The van der Waals surface area contributed by atoms with Crippen LogP contribution in [0.4, 0.5) is 10.1 Å². The van der Waals surface area contributed by atoms with E-state index in [2.05, 4.69) is 22.0 Å². The number of carbonyl (C=O) groups excluding carboxylic acids is 1. The van der Waals surface area contributed by atoms with Crippen LogP contribution in [0.25, 0.3) is 0 Å². The van der Waals surface area contributed by atoms with Gasteiger partial charge in [-0.1, -0.05) is 6.07 Å². The Hall–Kier alpha value is -1.66. The van der Waals surface area contributed by atoms with Crippen molar-refractivity contribution in [1.82, 2.24) is 10.2 Å². The first-order valence-corrected chi connectivity index (χ1v) is 11.7. The van der Waals surface area contributed by atoms with Gasteiger partial charge in [0.15, 0.2) is 0 Å². The van der Waals surface area contributed by atoms with Gasteiger partial charge in [-0.05, 0) is 69.7 Å². The summed E-state index contributed by atoms with van der Waals surface area (Å²) >= 11 is 0. The van der Waals surface area contributed by atoms with E-state index in [1.165, 1.54) is 19.4 Å². The van der Waals surface area contributed by atoms with Crippen LogP contribution in [-0.2, 0) is 9.53 Å². The van der Waals surface area contributed by atoms with E-state index in [0.29, 0.717) is 43.8 Å². The minimum atomic E-state index is -0.509. The summed E-state index contributed by atoms with van der Waals surface area (Å²) in [6, 6.07) is 7.01. The van der Waals surface area contributed by atoms with Gasteiger partial charge in [0.2, 0.25) is 5.91 Å². The smallest absolute Gasteiger partial charge is 0.227 e. The SMILES string of the molecule is C[C@H]1CCCN1C1CCN(c2ccc(C3COCCC34CCNC4=O)c(F)c2)CC1. The number of piperidine rings is 1. The lowest BCUT2D eigenvalue weighted by Crippen LogP contribution is -2.46. The van der Waals surface area contributed by atoms with Crippen LogP contribution in [0.2, 0.25) is 0 Å². The first-order chi connectivity index (χ1) is 14.6. The lowest BCUT2D eigenvalue weighted by atomic mass is 9.68. The number of hydrogen-bond donors (Lipinski definition) is 1. The predicted octanol–water partition coefficient (Wildman–Crippen LogP) is 3.29. The topological polar surface area (TPSA) is 44.8 Å². The molecule has 5 nitrogen and oxygen atoms in total. The van der Waals surface area contributed by atoms with Crippen LogP contribution in [-0.4, -0.2) is 62.3 Å². The number of nitrogens with one attached hydrogen (secondary N) is 1. The van der Waals surface area contributed by atoms with E-state index in [4.69, 9.17) is 4.74 Å². The second-order valence-electron chi connectivity index (χ2n) is 9.69. The molecule has 0 bridgehead atoms. The fourth-order valence-corrected chi connectivity index (χ4v) is 6.39. The number of anilines is 1. The number of carbonyl (C=O) groups is 1. The number of ether oxygens (including phenoxy) is 1. The Morgan fingerprint density at radius 3 is 2.67 bits per heavy atom. The first-order valence-electron chi connectivity index (χ1n) is 11.7. The Morgan fingerprint density at radius 1 is 1.17 bits per heavy atom. The highest BCUT2D eigenvalue weighted by molar-refractivity contribution is 5.86. The van der Waals surface area contributed by atoms with E-state index in [0.717, 1.165) is 38.0 Å². The second kappa shape index (κ2) is 8.12. The van der Waals surface area contributed by atoms with Crippen molar-refractivity contribution in [3.63, 3.8) is 0 Å². The third kappa shape index (κ3) is 3.42. The lowest BCUT2D eigenvalue weighted by molar-refractivity contribution is -0.134. The molecule has 6 heteroatoms. The molecule has 1 amide bonds. The monoisotopic (exact) mass is 415 g/mol. The van der Waals surface area contributed by atoms with Crippen molar-refractivity contribution in [3.05, 3.63) is 29.6 Å². The lowest BCUT2D eigenvalue weighted by Gasteiger charge is -2.40. The number of benzene rings is 1. The summed E-state index contributed by atoms with van der Waals surface area (Å²) in [5, 5.41) is 2.96. The van der Waals surface area contributed by atoms with E-state index in [1.54, 1.807) is 6.07 Å². The van der Waals surface area contributed by atoms with Gasteiger partial charge in [0.05, 0.1) is 12.0 Å². The third-order valence-electron chi connectivity index (χ3n) is 8.22. The fourth-order valence-electron chi connectivity index (χ4n) is 6.39. The zero-order chi connectivity index (χ0) is 20.7. The molecule has 4 heterocycles. The molecule has 4 fully saturated rings. The van der Waals surface area contributed by atoms with E-state index < -0.39 is 5.41 Å². The molecule has 1 aromatic carbocycles. The van der Waals surface area contributed by atoms with Gasteiger partial charge >= 0.3 is 0 Å². The van der Waals surface area contributed by atoms with Gasteiger partial charge in [0.1, 0.15) is 5.82 Å². The Bertz CT molecular complexity index is 795. The van der Waals surface area contributed by atoms with Crippen LogP contribution in [0.5, 0.6) is 0 Å². The summed E-state index contributed by atoms with van der Waals surface area (Å²) in [6.07, 6.45) is 6.37. The number of likely N-dealkylation sites (tertiary alicyclic amines) is 1. The number of nitrogens with zero attached hydrogens (tertiary/aromatic N) is 2. The van der Waals surface area contributed by atoms with Crippen LogP contribution >= 0.6 is 0 Å². The van der Waals surface area contributed by atoms with Crippen LogP contribution in [0.3, 0.4) is 0 Å². The van der Waals surface area contributed by atoms with E-state index in [-0.39, 0.29) is 17.6 Å². The molecular formula is C24H34FN3O2. The Morgan fingerprint density at radius 2 is 2.00 bits per heavy atom. The number of amides is 1. The summed E-state index contributed by atoms with van der Waals surface area (Å²) in [6.45, 7) is 7.21. The Labute approximate surface area is 178 Å². The molecule has 1 N–H and O–H groups in total. The van der Waals surface area contributed by atoms with Crippen LogP contribution < -0.4 is 10.2 Å². The number of rotatable bonds is 3. The minimum Gasteiger partial charge on any atom is -0.381 e. The van der Waals surface area contributed by atoms with Gasteiger partial charge in [-0.25, -0.2) is 4.39 Å². The number of hydrogen-bond acceptors (Lipinski definition) is 4. The molecule has 1 aromatic rings. The molecule has 1 spiro atoms. The molecule has 4 saturated heterocycles. The summed E-state index contributed by atoms with van der Waals surface area (Å²) in [4.78, 5) is 17.6. The molecule has 0 aromatic heterocycles. The van der Waals surface area contributed by atoms with E-state index >= 15 is 4.39 Å². The molecule has 164 valence electrons. The van der Waals surface area contributed by atoms with Crippen molar-refractivity contribution in [3.8, 4) is 0 Å². The third-order valence-corrected chi connectivity index (χ3v) is 8.22. The van der Waals surface area contributed by atoms with Crippen LogP contribution in [0.1, 0.15) is 56.9 Å². The normalized spacial score (nSPS) is 33.4. The van der Waals surface area contributed by atoms with E-state index in [1.807, 2.05) is 12.1 Å². The van der Waals surface area contributed by atoms with Gasteiger partial charge in [-0.3, -0.25) is 9.69 Å². The molecule has 5 rings (SSSR count). The molecule has 4 aliphatic heterocycles. The van der Waals surface area contributed by atoms with Crippen LogP contribution in [0, 0.1) is 11.2 Å². The predicted molar refractivity (Wildman–Crippen MR) is 115 cm³/mol. The van der Waals surface area contributed by atoms with Gasteiger partial charge in [0, 0.05) is 49.9 Å². The maximum absolute atomic E-state index is 15.3. The van der Waals surface area contributed by atoms with Gasteiger partial charge in [-0.15, -0.1) is 0 Å². The highest BCUT2D eigenvalue weighted by Crippen LogP contribution is 2.48. The largest absolute Gasteiger partial charge is 0.381 e. The fraction of sp³-hybridized carbons (Fsp3) is 0.708. The standard InChI is InChI=1S/C24H34FN3O2/c1-17-3-2-11-28(17)18-6-12-27(13-7-18)19-4-5-20(22(25)15-19)21-16-30-14-9-24(21)8-10-26-23(24)29/h4-5,15,17-18,21H,2-3,6-14,16H2,1H3,(H,26,29)/t17-,21?,24?/m0/s1. The summed E-state index contributed by atoms with van der Waals surface area (Å²) in [5.74, 6) is -0.333. The van der Waals surface area contributed by atoms with Crippen molar-refractivity contribution in [2.75, 3.05) is 44.3 Å². The van der Waals surface area contributed by atoms with Crippen molar-refractivity contribution in [1.29, 1.82) is 0 Å². The van der Waals surface area contributed by atoms with Crippen LogP contribution in [0.15, 0.2) is 18.2 Å². The van der Waals surface area contributed by atoms with Crippen molar-refractivity contribution < 1.29 is 13.9 Å². The van der Waals surface area contributed by atoms with Crippen molar-refractivity contribution in [2.24, 2.45) is 5.41 Å². The first kappa shape index (κ1) is 20.3. The molecule has 0 aliphatic carbocycles. The summed E-state index contributed by atoms with van der Waals surface area (Å²) in [7, 11) is 0. The Kier molecular flexibility index (Phi) is 5.48. The number of halogens is 1. The molecule has 3 atom stereocenters. The van der Waals surface area contributed by atoms with Crippen molar-refractivity contribution >= 4 is 11.6 Å². The molecule has 4 aliphatic rings. The minimum absolute atomic E-state index is 0.0671. The quantitative estimate of drug-likeness (QED) is 0.823. The average molecular weight is 416 g/mol. The summed E-state index contributed by atoms with van der Waals surface area (Å²) in [5.41, 5.74) is 1.09. The molecule has 0 radical (unpaired) electrons. The zero-order valence-electron chi connectivity index (χ0n) is 18.0. The highest BCUT2D eigenvalue weighted by atomic mass is 19.1. The molecular weight excluding hydrogens is 381 g/mol. The van der Waals surface area contributed by atoms with Crippen molar-refractivity contribution in [2.45, 2.75) is 63.5 Å². The maximum Gasteiger partial charge on any atom is 0.227 e. The molecule has 2 unspecified atom stereocenters. The Balaban J connectivity index is 1.30. The van der Waals surface area contributed by atoms with Gasteiger partial charge < -0.3 is 15.0 Å². The highest BCUT2D eigenvalue weighted by Gasteiger charge is 2.51. The maximum atomic E-state index is 15.3. The van der Waals surface area contributed by atoms with Gasteiger partial charge in [0.25, 0.3) is 0 Å². The van der Waals surface area contributed by atoms with Gasteiger partial charge in [-0.2, -0.15) is 0 Å². The van der Waals surface area contributed by atoms with E-state index in [9.17, 15) is 4.79 Å². The summed E-state index contributed by atoms with van der Waals surface area (Å²) < 4.78 is 21.0. The molecule has 0 saturated carbocycles. The molecule has 30 heavy (non-hydrogen) atoms. The average Bonchev–Trinajstić information content (AvgIpc) is 3.35. The second-order valence-corrected chi connectivity index (χ2v) is 9.69.